The smallest absolute Gasteiger partial charge is 0.261 e. The molecule has 1 aromatic heterocycles. The third-order valence-corrected chi connectivity index (χ3v) is 4.91. The van der Waals surface area contributed by atoms with Crippen LogP contribution in [0.4, 0.5) is 0 Å². The molecule has 0 spiro atoms. The highest BCUT2D eigenvalue weighted by Crippen LogP contribution is 2.24. The molecule has 152 valence electrons. The predicted octanol–water partition coefficient (Wildman–Crippen LogP) is 4.56. The van der Waals surface area contributed by atoms with Crippen LogP contribution in [0.25, 0.3) is 5.69 Å². The first-order valence-corrected chi connectivity index (χ1v) is 9.88. The maximum atomic E-state index is 12.4. The average Bonchev–Trinajstić information content (AvgIpc) is 3.12. The van der Waals surface area contributed by atoms with Crippen LogP contribution in [-0.4, -0.2) is 21.6 Å². The van der Waals surface area contributed by atoms with Gasteiger partial charge in [0.1, 0.15) is 11.6 Å². The van der Waals surface area contributed by atoms with E-state index in [-0.39, 0.29) is 11.3 Å². The molecule has 0 saturated carbocycles. The molecule has 0 aliphatic heterocycles. The lowest BCUT2D eigenvalue weighted by atomic mass is 9.87. The molecule has 0 fully saturated rings. The van der Waals surface area contributed by atoms with Crippen molar-refractivity contribution in [3.8, 4) is 11.4 Å². The molecule has 1 atom stereocenters. The number of aryl methyl sites for hydroxylation is 1. The van der Waals surface area contributed by atoms with E-state index >= 15 is 0 Å². The zero-order valence-electron chi connectivity index (χ0n) is 17.8. The van der Waals surface area contributed by atoms with Crippen molar-refractivity contribution in [2.45, 2.75) is 52.7 Å². The Morgan fingerprint density at radius 3 is 2.31 bits per heavy atom. The third-order valence-electron chi connectivity index (χ3n) is 4.91. The molecule has 0 aliphatic rings. The second kappa shape index (κ2) is 8.52. The molecule has 1 N–H and O–H groups in total. The molecule has 5 nitrogen and oxygen atoms in total. The molecule has 1 amide bonds. The monoisotopic (exact) mass is 391 g/mol. The summed E-state index contributed by atoms with van der Waals surface area (Å²) >= 11 is 0. The number of nitrogens with one attached hydrogen (secondary N) is 1. The number of rotatable bonds is 6. The first-order valence-electron chi connectivity index (χ1n) is 9.88. The first-order chi connectivity index (χ1) is 13.7. The number of nitrogens with zero attached hydrogens (tertiary/aromatic N) is 2. The van der Waals surface area contributed by atoms with Crippen molar-refractivity contribution < 1.29 is 9.53 Å². The standard InChI is InChI=1S/C24H29N3O2/c1-17(29-22-12-8-20(9-13-22)24(3,4)5)23(28)26-16-19-6-10-21(11-7-19)27-15-14-25-18(27)2/h6-15,17H,16H2,1-5H3,(H,26,28). The summed E-state index contributed by atoms with van der Waals surface area (Å²) in [6, 6.07) is 16.0. The van der Waals surface area contributed by atoms with E-state index in [1.165, 1.54) is 5.56 Å². The largest absolute Gasteiger partial charge is 0.481 e. The third kappa shape index (κ3) is 5.25. The zero-order valence-corrected chi connectivity index (χ0v) is 17.8. The van der Waals surface area contributed by atoms with Gasteiger partial charge in [-0.25, -0.2) is 4.98 Å². The Balaban J connectivity index is 1.53. The summed E-state index contributed by atoms with van der Waals surface area (Å²) in [6.07, 6.45) is 3.14. The topological polar surface area (TPSA) is 56.2 Å². The summed E-state index contributed by atoms with van der Waals surface area (Å²) in [5, 5.41) is 2.94. The van der Waals surface area contributed by atoms with Gasteiger partial charge in [-0.3, -0.25) is 4.79 Å². The van der Waals surface area contributed by atoms with Crippen molar-refractivity contribution in [3.63, 3.8) is 0 Å². The number of aromatic nitrogens is 2. The molecule has 0 aliphatic carbocycles. The molecule has 3 aromatic rings. The Hall–Kier alpha value is -3.08. The number of benzene rings is 2. The van der Waals surface area contributed by atoms with Crippen molar-refractivity contribution in [1.82, 2.24) is 14.9 Å². The normalized spacial score (nSPS) is 12.4. The van der Waals surface area contributed by atoms with Crippen molar-refractivity contribution in [1.29, 1.82) is 0 Å². The summed E-state index contributed by atoms with van der Waals surface area (Å²) < 4.78 is 7.81. The quantitative estimate of drug-likeness (QED) is 0.670. The molecule has 29 heavy (non-hydrogen) atoms. The van der Waals surface area contributed by atoms with Crippen LogP contribution in [0.3, 0.4) is 0 Å². The minimum atomic E-state index is -0.566. The Morgan fingerprint density at radius 1 is 1.10 bits per heavy atom. The van der Waals surface area contributed by atoms with Gasteiger partial charge in [0, 0.05) is 24.6 Å². The lowest BCUT2D eigenvalue weighted by Gasteiger charge is -2.20. The van der Waals surface area contributed by atoms with Crippen LogP contribution in [0.2, 0.25) is 0 Å². The van der Waals surface area contributed by atoms with Gasteiger partial charge in [0.2, 0.25) is 0 Å². The fraction of sp³-hybridized carbons (Fsp3) is 0.333. The number of imidazole rings is 1. The lowest BCUT2D eigenvalue weighted by molar-refractivity contribution is -0.127. The van der Waals surface area contributed by atoms with Gasteiger partial charge < -0.3 is 14.6 Å². The van der Waals surface area contributed by atoms with E-state index in [1.54, 1.807) is 13.1 Å². The fourth-order valence-corrected chi connectivity index (χ4v) is 3.05. The molecular formula is C24H29N3O2. The van der Waals surface area contributed by atoms with Crippen LogP contribution in [0.1, 0.15) is 44.6 Å². The minimum Gasteiger partial charge on any atom is -0.481 e. The molecule has 5 heteroatoms. The lowest BCUT2D eigenvalue weighted by Crippen LogP contribution is -2.35. The van der Waals surface area contributed by atoms with E-state index < -0.39 is 6.10 Å². The predicted molar refractivity (Wildman–Crippen MR) is 115 cm³/mol. The van der Waals surface area contributed by atoms with Crippen molar-refractivity contribution in [2.24, 2.45) is 0 Å². The first kappa shape index (κ1) is 20.6. The second-order valence-corrected chi connectivity index (χ2v) is 8.26. The SMILES string of the molecule is Cc1nccn1-c1ccc(CNC(=O)C(C)Oc2ccc(C(C)(C)C)cc2)cc1. The molecule has 0 bridgehead atoms. The molecular weight excluding hydrogens is 362 g/mol. The van der Waals surface area contributed by atoms with E-state index in [0.717, 1.165) is 17.1 Å². The van der Waals surface area contributed by atoms with Gasteiger partial charge in [0.25, 0.3) is 5.91 Å². The highest BCUT2D eigenvalue weighted by atomic mass is 16.5. The van der Waals surface area contributed by atoms with Gasteiger partial charge in [0.15, 0.2) is 6.10 Å². The Bertz CT molecular complexity index is 951. The maximum Gasteiger partial charge on any atom is 0.261 e. The van der Waals surface area contributed by atoms with E-state index in [1.807, 2.05) is 66.2 Å². The second-order valence-electron chi connectivity index (χ2n) is 8.26. The van der Waals surface area contributed by atoms with E-state index in [4.69, 9.17) is 4.74 Å². The van der Waals surface area contributed by atoms with Gasteiger partial charge in [-0.05, 0) is 54.7 Å². The number of carbonyl (C=O) groups excluding carboxylic acids is 1. The van der Waals surface area contributed by atoms with Gasteiger partial charge in [-0.2, -0.15) is 0 Å². The Labute approximate surface area is 172 Å². The molecule has 1 heterocycles. The fourth-order valence-electron chi connectivity index (χ4n) is 3.05. The van der Waals surface area contributed by atoms with Crippen molar-refractivity contribution in [2.75, 3.05) is 0 Å². The van der Waals surface area contributed by atoms with Crippen LogP contribution < -0.4 is 10.1 Å². The number of amides is 1. The van der Waals surface area contributed by atoms with Crippen LogP contribution in [-0.2, 0) is 16.8 Å². The van der Waals surface area contributed by atoms with Crippen LogP contribution in [0, 0.1) is 6.92 Å². The van der Waals surface area contributed by atoms with Crippen LogP contribution in [0.15, 0.2) is 60.9 Å². The summed E-state index contributed by atoms with van der Waals surface area (Å²) in [7, 11) is 0. The molecule has 0 saturated heterocycles. The van der Waals surface area contributed by atoms with Crippen LogP contribution >= 0.6 is 0 Å². The summed E-state index contributed by atoms with van der Waals surface area (Å²) in [5.41, 5.74) is 3.40. The average molecular weight is 392 g/mol. The molecule has 2 aromatic carbocycles. The van der Waals surface area contributed by atoms with E-state index in [9.17, 15) is 4.79 Å². The van der Waals surface area contributed by atoms with Gasteiger partial charge in [-0.1, -0.05) is 45.0 Å². The Kier molecular flexibility index (Phi) is 6.06. The Morgan fingerprint density at radius 2 is 1.76 bits per heavy atom. The minimum absolute atomic E-state index is 0.0909. The molecule has 0 radical (unpaired) electrons. The van der Waals surface area contributed by atoms with E-state index in [0.29, 0.717) is 12.3 Å². The number of hydrogen-bond donors (Lipinski definition) is 1. The van der Waals surface area contributed by atoms with Gasteiger partial charge in [0.05, 0.1) is 0 Å². The molecule has 3 rings (SSSR count). The summed E-state index contributed by atoms with van der Waals surface area (Å²) in [4.78, 5) is 16.6. The number of ether oxygens (including phenoxy) is 1. The highest BCUT2D eigenvalue weighted by Gasteiger charge is 2.16. The van der Waals surface area contributed by atoms with Crippen molar-refractivity contribution in [3.05, 3.63) is 77.9 Å². The van der Waals surface area contributed by atoms with Crippen LogP contribution in [0.5, 0.6) is 5.75 Å². The number of hydrogen-bond acceptors (Lipinski definition) is 3. The van der Waals surface area contributed by atoms with Gasteiger partial charge >= 0.3 is 0 Å². The van der Waals surface area contributed by atoms with E-state index in [2.05, 4.69) is 31.1 Å². The molecule has 1 unspecified atom stereocenters. The number of carbonyl (C=O) groups is 1. The summed E-state index contributed by atoms with van der Waals surface area (Å²) in [5.74, 6) is 1.49. The van der Waals surface area contributed by atoms with Crippen molar-refractivity contribution >= 4 is 5.91 Å². The maximum absolute atomic E-state index is 12.4. The highest BCUT2D eigenvalue weighted by molar-refractivity contribution is 5.80. The zero-order chi connectivity index (χ0) is 21.0. The van der Waals surface area contributed by atoms with Gasteiger partial charge in [-0.15, -0.1) is 0 Å². The summed E-state index contributed by atoms with van der Waals surface area (Å²) in [6.45, 7) is 10.7.